The molecule has 1 aliphatic heterocycles. The van der Waals surface area contributed by atoms with Crippen LogP contribution in [0.3, 0.4) is 0 Å². The van der Waals surface area contributed by atoms with Crippen LogP contribution in [0.5, 0.6) is 5.75 Å². The first-order chi connectivity index (χ1) is 11.7. The molecular weight excluding hydrogens is 350 g/mol. The van der Waals surface area contributed by atoms with Crippen LogP contribution in [0.1, 0.15) is 31.1 Å². The molecule has 0 spiro atoms. The summed E-state index contributed by atoms with van der Waals surface area (Å²) in [5.74, 6) is -1.65. The molecule has 1 aliphatic rings. The number of nitrogens with one attached hydrogen (secondary N) is 2. The van der Waals surface area contributed by atoms with Crippen LogP contribution in [-0.2, 0) is 14.4 Å². The Labute approximate surface area is 149 Å². The third-order valence-corrected chi connectivity index (χ3v) is 3.74. The summed E-state index contributed by atoms with van der Waals surface area (Å²) in [6, 6.07) is 4.56. The van der Waals surface area contributed by atoms with Gasteiger partial charge in [0.15, 0.2) is 11.4 Å². The van der Waals surface area contributed by atoms with Gasteiger partial charge < -0.3 is 4.74 Å². The van der Waals surface area contributed by atoms with E-state index < -0.39 is 23.3 Å². The van der Waals surface area contributed by atoms with Crippen molar-refractivity contribution in [3.63, 3.8) is 0 Å². The first-order valence-electron chi connectivity index (χ1n) is 7.45. The van der Waals surface area contributed by atoms with Gasteiger partial charge in [0.25, 0.3) is 11.8 Å². The zero-order chi connectivity index (χ0) is 18.8. The lowest BCUT2D eigenvalue weighted by atomic mass is 10.0. The molecule has 0 aliphatic carbocycles. The van der Waals surface area contributed by atoms with E-state index in [2.05, 4.69) is 10.9 Å². The van der Waals surface area contributed by atoms with E-state index in [1.807, 2.05) is 0 Å². The van der Waals surface area contributed by atoms with Crippen LogP contribution in [0.25, 0.3) is 0 Å². The van der Waals surface area contributed by atoms with Gasteiger partial charge in [-0.05, 0) is 32.0 Å². The van der Waals surface area contributed by atoms with Crippen molar-refractivity contribution in [3.05, 3.63) is 23.8 Å². The summed E-state index contributed by atoms with van der Waals surface area (Å²) < 4.78 is 5.67. The lowest BCUT2D eigenvalue weighted by Gasteiger charge is -2.38. The van der Waals surface area contributed by atoms with E-state index in [1.165, 1.54) is 17.9 Å². The molecule has 25 heavy (non-hydrogen) atoms. The minimum atomic E-state index is -1.18. The second kappa shape index (κ2) is 7.10. The number of fused-ring (bicyclic) bond motifs is 1. The highest BCUT2D eigenvalue weighted by Crippen LogP contribution is 2.38. The maximum Gasteiger partial charge on any atom is 0.271 e. The molecule has 1 aromatic rings. The summed E-state index contributed by atoms with van der Waals surface area (Å²) in [4.78, 5) is 48.6. The van der Waals surface area contributed by atoms with E-state index in [0.717, 1.165) is 0 Å². The van der Waals surface area contributed by atoms with E-state index in [-0.39, 0.29) is 18.2 Å². The van der Waals surface area contributed by atoms with Crippen LogP contribution in [0.4, 0.5) is 5.69 Å². The maximum atomic E-state index is 12.7. The van der Waals surface area contributed by atoms with Crippen molar-refractivity contribution >= 4 is 40.8 Å². The Hall–Kier alpha value is -2.61. The van der Waals surface area contributed by atoms with Gasteiger partial charge in [0.1, 0.15) is 12.3 Å². The van der Waals surface area contributed by atoms with Gasteiger partial charge in [-0.1, -0.05) is 0 Å². The quantitative estimate of drug-likeness (QED) is 0.465. The van der Waals surface area contributed by atoms with Gasteiger partial charge in [-0.25, -0.2) is 0 Å². The van der Waals surface area contributed by atoms with Gasteiger partial charge in [0, 0.05) is 12.5 Å². The van der Waals surface area contributed by atoms with E-state index in [1.54, 1.807) is 26.0 Å². The molecule has 0 saturated heterocycles. The lowest BCUT2D eigenvalue weighted by Crippen LogP contribution is -2.56. The minimum absolute atomic E-state index is 0.206. The van der Waals surface area contributed by atoms with Crippen molar-refractivity contribution in [2.24, 2.45) is 0 Å². The predicted molar refractivity (Wildman–Crippen MR) is 90.5 cm³/mol. The predicted octanol–water partition coefficient (Wildman–Crippen LogP) is 0.779. The smallest absolute Gasteiger partial charge is 0.271 e. The number of carbonyl (C=O) groups is 4. The third-order valence-electron chi connectivity index (χ3n) is 3.50. The van der Waals surface area contributed by atoms with Gasteiger partial charge in [-0.15, -0.1) is 11.6 Å². The Kier molecular flexibility index (Phi) is 5.32. The van der Waals surface area contributed by atoms with Crippen LogP contribution < -0.4 is 20.5 Å². The molecule has 0 unspecified atom stereocenters. The zero-order valence-corrected chi connectivity index (χ0v) is 14.8. The normalized spacial score (nSPS) is 15.0. The van der Waals surface area contributed by atoms with Crippen molar-refractivity contribution in [3.8, 4) is 5.75 Å². The number of alkyl halides is 1. The second-order valence-electron chi connectivity index (χ2n) is 5.97. The second-order valence-corrected chi connectivity index (χ2v) is 6.24. The average molecular weight is 368 g/mol. The molecule has 1 aromatic carbocycles. The lowest BCUT2D eigenvalue weighted by molar-refractivity contribution is -0.134. The number of amides is 3. The van der Waals surface area contributed by atoms with Gasteiger partial charge in [-0.3, -0.25) is 34.9 Å². The molecule has 0 fully saturated rings. The maximum absolute atomic E-state index is 12.7. The number of rotatable bonds is 4. The highest BCUT2D eigenvalue weighted by Gasteiger charge is 2.41. The SMILES string of the molecule is CC(=O)NNC(=O)CN1C(=O)C(C)(C)Oc2ccc(C(=O)CCl)cc21. The molecule has 0 aromatic heterocycles. The molecule has 1 heterocycles. The van der Waals surface area contributed by atoms with Gasteiger partial charge in [-0.2, -0.15) is 0 Å². The standard InChI is InChI=1S/C16H18ClN3O5/c1-9(21)18-19-14(23)8-20-11-6-10(12(22)7-17)4-5-13(11)25-16(2,3)15(20)24/h4-6H,7-8H2,1-3H3,(H,18,21)(H,19,23). The fourth-order valence-corrected chi connectivity index (χ4v) is 2.47. The molecule has 3 amide bonds. The first-order valence-corrected chi connectivity index (χ1v) is 7.99. The number of benzene rings is 1. The van der Waals surface area contributed by atoms with Crippen LogP contribution in [0.15, 0.2) is 18.2 Å². The Morgan fingerprint density at radius 2 is 1.92 bits per heavy atom. The van der Waals surface area contributed by atoms with Crippen molar-refractivity contribution in [1.29, 1.82) is 0 Å². The zero-order valence-electron chi connectivity index (χ0n) is 14.0. The third kappa shape index (κ3) is 4.08. The Bertz CT molecular complexity index is 747. The van der Waals surface area contributed by atoms with E-state index in [0.29, 0.717) is 17.0 Å². The summed E-state index contributed by atoms with van der Waals surface area (Å²) in [7, 11) is 0. The number of carbonyl (C=O) groups excluding carboxylic acids is 4. The molecule has 0 radical (unpaired) electrons. The monoisotopic (exact) mass is 367 g/mol. The highest BCUT2D eigenvalue weighted by molar-refractivity contribution is 6.30. The number of ketones is 1. The molecule has 0 atom stereocenters. The molecule has 2 N–H and O–H groups in total. The van der Waals surface area contributed by atoms with Crippen molar-refractivity contribution in [2.45, 2.75) is 26.4 Å². The van der Waals surface area contributed by atoms with E-state index in [4.69, 9.17) is 16.3 Å². The number of anilines is 1. The summed E-state index contributed by atoms with van der Waals surface area (Å²) in [6.45, 7) is 4.05. The fourth-order valence-electron chi connectivity index (χ4n) is 2.32. The summed E-state index contributed by atoms with van der Waals surface area (Å²) in [6.07, 6.45) is 0. The largest absolute Gasteiger partial charge is 0.476 e. The first kappa shape index (κ1) is 18.7. The van der Waals surface area contributed by atoms with E-state index in [9.17, 15) is 19.2 Å². The fraction of sp³-hybridized carbons (Fsp3) is 0.375. The van der Waals surface area contributed by atoms with Crippen molar-refractivity contribution < 1.29 is 23.9 Å². The Balaban J connectivity index is 2.37. The number of halogens is 1. The number of hydrazine groups is 1. The minimum Gasteiger partial charge on any atom is -0.476 e. The number of nitrogens with zero attached hydrogens (tertiary/aromatic N) is 1. The molecule has 0 saturated carbocycles. The number of hydrogen-bond acceptors (Lipinski definition) is 5. The number of ether oxygens (including phenoxy) is 1. The number of hydrogen-bond donors (Lipinski definition) is 2. The van der Waals surface area contributed by atoms with Crippen LogP contribution in [-0.4, -0.2) is 41.5 Å². The molecule has 9 heteroatoms. The Morgan fingerprint density at radius 3 is 2.52 bits per heavy atom. The van der Waals surface area contributed by atoms with Gasteiger partial charge >= 0.3 is 0 Å². The average Bonchev–Trinajstić information content (AvgIpc) is 2.55. The van der Waals surface area contributed by atoms with Gasteiger partial charge in [0.2, 0.25) is 5.91 Å². The summed E-state index contributed by atoms with van der Waals surface area (Å²) >= 11 is 5.57. The molecule has 2 rings (SSSR count). The molecular formula is C16H18ClN3O5. The summed E-state index contributed by atoms with van der Waals surface area (Å²) in [5, 5.41) is 0. The van der Waals surface area contributed by atoms with Crippen molar-refractivity contribution in [2.75, 3.05) is 17.3 Å². The highest BCUT2D eigenvalue weighted by atomic mass is 35.5. The Morgan fingerprint density at radius 1 is 1.24 bits per heavy atom. The molecule has 134 valence electrons. The van der Waals surface area contributed by atoms with Crippen molar-refractivity contribution in [1.82, 2.24) is 10.9 Å². The summed E-state index contributed by atoms with van der Waals surface area (Å²) in [5.41, 5.74) is 3.76. The molecule has 0 bridgehead atoms. The van der Waals surface area contributed by atoms with Crippen LogP contribution in [0.2, 0.25) is 0 Å². The molecule has 8 nitrogen and oxygen atoms in total. The van der Waals surface area contributed by atoms with Crippen LogP contribution in [0, 0.1) is 0 Å². The number of Topliss-reactive ketones (excluding diaryl/α,β-unsaturated/α-hetero) is 1. The topological polar surface area (TPSA) is 105 Å². The van der Waals surface area contributed by atoms with Gasteiger partial charge in [0.05, 0.1) is 11.6 Å². The van der Waals surface area contributed by atoms with E-state index >= 15 is 0 Å². The van der Waals surface area contributed by atoms with Crippen LogP contribution >= 0.6 is 11.6 Å².